The first-order chi connectivity index (χ1) is 14.0. The van der Waals surface area contributed by atoms with E-state index in [1.807, 2.05) is 50.3 Å². The Morgan fingerprint density at radius 1 is 1.07 bits per heavy atom. The summed E-state index contributed by atoms with van der Waals surface area (Å²) in [6.45, 7) is 4.01. The van der Waals surface area contributed by atoms with Gasteiger partial charge >= 0.3 is 0 Å². The van der Waals surface area contributed by atoms with Crippen LogP contribution in [-0.4, -0.2) is 23.0 Å². The Balaban J connectivity index is 1.77. The molecule has 0 saturated heterocycles. The average Bonchev–Trinajstić information content (AvgIpc) is 2.74. The smallest absolute Gasteiger partial charge is 0.256 e. The molecule has 0 aliphatic heterocycles. The van der Waals surface area contributed by atoms with Gasteiger partial charge in [-0.2, -0.15) is 0 Å². The highest BCUT2D eigenvalue weighted by Gasteiger charge is 2.22. The number of ether oxygens (including phenoxy) is 1. The van der Waals surface area contributed by atoms with Crippen molar-refractivity contribution >= 4 is 17.8 Å². The van der Waals surface area contributed by atoms with Crippen molar-refractivity contribution in [3.8, 4) is 17.0 Å². The number of aromatic nitrogens is 2. The summed E-state index contributed by atoms with van der Waals surface area (Å²) in [5.74, 6) is 1.15. The van der Waals surface area contributed by atoms with Crippen LogP contribution in [-0.2, 0) is 12.8 Å². The maximum atomic E-state index is 12.7. The zero-order valence-electron chi connectivity index (χ0n) is 16.8. The van der Waals surface area contributed by atoms with E-state index in [1.54, 1.807) is 19.2 Å². The van der Waals surface area contributed by atoms with Gasteiger partial charge in [-0.3, -0.25) is 4.79 Å². The van der Waals surface area contributed by atoms with Crippen LogP contribution in [0.15, 0.2) is 54.1 Å². The first-order valence-corrected chi connectivity index (χ1v) is 9.64. The molecule has 0 bridgehead atoms. The van der Waals surface area contributed by atoms with Crippen molar-refractivity contribution in [2.75, 3.05) is 12.4 Å². The number of hydrogen-bond acceptors (Lipinski definition) is 4. The lowest BCUT2D eigenvalue weighted by molar-refractivity contribution is 0.102. The van der Waals surface area contributed by atoms with Crippen LogP contribution in [0.3, 0.4) is 0 Å². The highest BCUT2D eigenvalue weighted by molar-refractivity contribution is 6.04. The molecule has 4 rings (SSSR count). The number of fused-ring (bicyclic) bond motifs is 3. The minimum absolute atomic E-state index is 0.191. The number of hydrogen-bond donors (Lipinski definition) is 1. The lowest BCUT2D eigenvalue weighted by Gasteiger charge is -2.21. The first-order valence-electron chi connectivity index (χ1n) is 9.64. The van der Waals surface area contributed by atoms with Crippen molar-refractivity contribution in [2.24, 2.45) is 0 Å². The van der Waals surface area contributed by atoms with Crippen LogP contribution in [0.25, 0.3) is 17.3 Å². The van der Waals surface area contributed by atoms with Crippen molar-refractivity contribution in [1.82, 2.24) is 9.97 Å². The Labute approximate surface area is 170 Å². The maximum Gasteiger partial charge on any atom is 0.256 e. The number of nitrogens with one attached hydrogen (secondary N) is 1. The summed E-state index contributed by atoms with van der Waals surface area (Å²) in [4.78, 5) is 22.4. The molecule has 0 spiro atoms. The van der Waals surface area contributed by atoms with Gasteiger partial charge in [0.1, 0.15) is 11.4 Å². The van der Waals surface area contributed by atoms with Crippen LogP contribution in [0.4, 0.5) is 5.82 Å². The van der Waals surface area contributed by atoms with Gasteiger partial charge in [0.25, 0.3) is 5.91 Å². The Bertz CT molecular complexity index is 1100. The third-order valence-corrected chi connectivity index (χ3v) is 4.89. The Morgan fingerprint density at radius 3 is 2.59 bits per heavy atom. The normalized spacial score (nSPS) is 11.8. The van der Waals surface area contributed by atoms with Gasteiger partial charge in [0.05, 0.1) is 18.5 Å². The highest BCUT2D eigenvalue weighted by atomic mass is 16.5. The Morgan fingerprint density at radius 2 is 1.86 bits per heavy atom. The molecule has 1 N–H and O–H groups in total. The third-order valence-electron chi connectivity index (χ3n) is 4.89. The minimum Gasteiger partial charge on any atom is -0.497 e. The molecule has 0 saturated carbocycles. The number of amides is 1. The molecular weight excluding hydrogens is 362 g/mol. The molecule has 0 unspecified atom stereocenters. The summed E-state index contributed by atoms with van der Waals surface area (Å²) >= 11 is 0. The fraction of sp³-hybridized carbons (Fsp3) is 0.208. The molecule has 1 heterocycles. The van der Waals surface area contributed by atoms with E-state index in [0.29, 0.717) is 17.1 Å². The van der Waals surface area contributed by atoms with Gasteiger partial charge in [-0.25, -0.2) is 9.97 Å². The highest BCUT2D eigenvalue weighted by Crippen LogP contribution is 2.35. The molecule has 3 aromatic rings. The van der Waals surface area contributed by atoms with Crippen LogP contribution < -0.4 is 10.1 Å². The van der Waals surface area contributed by atoms with Crippen LogP contribution in [0, 0.1) is 0 Å². The largest absolute Gasteiger partial charge is 0.497 e. The average molecular weight is 385 g/mol. The second-order valence-corrected chi connectivity index (χ2v) is 7.32. The molecule has 5 heteroatoms. The van der Waals surface area contributed by atoms with Gasteiger partial charge in [0, 0.05) is 11.1 Å². The lowest BCUT2D eigenvalue weighted by atomic mass is 9.91. The van der Waals surface area contributed by atoms with E-state index < -0.39 is 0 Å². The summed E-state index contributed by atoms with van der Waals surface area (Å²) in [5.41, 5.74) is 6.39. The first kappa shape index (κ1) is 18.9. The predicted molar refractivity (Wildman–Crippen MR) is 115 cm³/mol. The fourth-order valence-electron chi connectivity index (χ4n) is 3.50. The van der Waals surface area contributed by atoms with Crippen LogP contribution >= 0.6 is 0 Å². The molecule has 2 aromatic carbocycles. The summed E-state index contributed by atoms with van der Waals surface area (Å²) in [6, 6.07) is 15.2. The zero-order chi connectivity index (χ0) is 20.4. The monoisotopic (exact) mass is 385 g/mol. The molecule has 0 atom stereocenters. The standard InChI is InChI=1S/C24H23N3O2/c1-15(2)13-21-23(27-24(28)16-7-5-4-6-8-16)26-20-12-9-17-14-18(29-3)10-11-19(17)22(20)25-21/h4-8,10-11,13-14H,9,12H2,1-3H3,(H,26,27,28). The topological polar surface area (TPSA) is 64.1 Å². The fourth-order valence-corrected chi connectivity index (χ4v) is 3.50. The van der Waals surface area contributed by atoms with E-state index in [1.165, 1.54) is 5.56 Å². The molecule has 5 nitrogen and oxygen atoms in total. The lowest BCUT2D eigenvalue weighted by Crippen LogP contribution is -2.17. The van der Waals surface area contributed by atoms with Crippen LogP contribution in [0.2, 0.25) is 0 Å². The van der Waals surface area contributed by atoms with Gasteiger partial charge < -0.3 is 10.1 Å². The van der Waals surface area contributed by atoms with E-state index in [0.717, 1.165) is 41.1 Å². The zero-order valence-corrected chi connectivity index (χ0v) is 16.8. The van der Waals surface area contributed by atoms with Gasteiger partial charge in [-0.15, -0.1) is 0 Å². The van der Waals surface area contributed by atoms with E-state index in [4.69, 9.17) is 14.7 Å². The number of rotatable bonds is 4. The van der Waals surface area contributed by atoms with E-state index in [2.05, 4.69) is 11.4 Å². The summed E-state index contributed by atoms with van der Waals surface area (Å²) in [6.07, 6.45) is 3.58. The molecule has 1 aliphatic carbocycles. The molecule has 0 fully saturated rings. The number of carbonyl (C=O) groups is 1. The van der Waals surface area contributed by atoms with E-state index in [-0.39, 0.29) is 5.91 Å². The van der Waals surface area contributed by atoms with Crippen LogP contribution in [0.1, 0.15) is 41.2 Å². The van der Waals surface area contributed by atoms with Crippen molar-refractivity contribution in [3.05, 3.63) is 76.6 Å². The number of benzene rings is 2. The number of aryl methyl sites for hydroxylation is 2. The van der Waals surface area contributed by atoms with Gasteiger partial charge in [0.15, 0.2) is 5.82 Å². The summed E-state index contributed by atoms with van der Waals surface area (Å²) in [7, 11) is 1.67. The van der Waals surface area contributed by atoms with Crippen molar-refractivity contribution < 1.29 is 9.53 Å². The number of anilines is 1. The molecular formula is C24H23N3O2. The molecule has 1 amide bonds. The summed E-state index contributed by atoms with van der Waals surface area (Å²) < 4.78 is 5.36. The van der Waals surface area contributed by atoms with E-state index >= 15 is 0 Å². The Kier molecular flexibility index (Phi) is 5.12. The number of carbonyl (C=O) groups excluding carboxylic acids is 1. The minimum atomic E-state index is -0.191. The van der Waals surface area contributed by atoms with Crippen molar-refractivity contribution in [2.45, 2.75) is 26.7 Å². The SMILES string of the molecule is COc1ccc2c(c1)CCc1nc(NC(=O)c3ccccc3)c(C=C(C)C)nc1-2. The Hall–Kier alpha value is -3.47. The van der Waals surface area contributed by atoms with Crippen LogP contribution in [0.5, 0.6) is 5.75 Å². The van der Waals surface area contributed by atoms with E-state index in [9.17, 15) is 4.79 Å². The third kappa shape index (κ3) is 3.90. The quantitative estimate of drug-likeness (QED) is 0.692. The van der Waals surface area contributed by atoms with Gasteiger partial charge in [-0.05, 0) is 68.7 Å². The van der Waals surface area contributed by atoms with Crippen molar-refractivity contribution in [3.63, 3.8) is 0 Å². The second-order valence-electron chi connectivity index (χ2n) is 7.32. The summed E-state index contributed by atoms with van der Waals surface area (Å²) in [5, 5.41) is 2.95. The number of nitrogens with zero attached hydrogens (tertiary/aromatic N) is 2. The molecule has 146 valence electrons. The molecule has 29 heavy (non-hydrogen) atoms. The maximum absolute atomic E-state index is 12.7. The molecule has 1 aliphatic rings. The number of allylic oxidation sites excluding steroid dienone is 1. The predicted octanol–water partition coefficient (Wildman–Crippen LogP) is 4.93. The second kappa shape index (κ2) is 7.87. The number of methoxy groups -OCH3 is 1. The molecule has 0 radical (unpaired) electrons. The van der Waals surface area contributed by atoms with Gasteiger partial charge in [0.2, 0.25) is 0 Å². The molecule has 1 aromatic heterocycles. The van der Waals surface area contributed by atoms with Gasteiger partial charge in [-0.1, -0.05) is 23.8 Å². The van der Waals surface area contributed by atoms with Crippen molar-refractivity contribution in [1.29, 1.82) is 0 Å².